The van der Waals surface area contributed by atoms with Crippen LogP contribution in [0.4, 0.5) is 5.95 Å². The number of aryl methyl sites for hydroxylation is 2. The number of pyridine rings is 1. The van der Waals surface area contributed by atoms with E-state index < -0.39 is 0 Å². The maximum absolute atomic E-state index is 13.2. The molecule has 0 spiro atoms. The molecule has 2 heterocycles. The van der Waals surface area contributed by atoms with Crippen molar-refractivity contribution < 1.29 is 9.53 Å². The summed E-state index contributed by atoms with van der Waals surface area (Å²) in [5.41, 5.74) is 4.70. The van der Waals surface area contributed by atoms with Gasteiger partial charge in [0.25, 0.3) is 5.91 Å². The van der Waals surface area contributed by atoms with Gasteiger partial charge in [-0.05, 0) is 32.0 Å². The molecule has 2 aromatic carbocycles. The second kappa shape index (κ2) is 7.67. The van der Waals surface area contributed by atoms with E-state index in [0.29, 0.717) is 17.1 Å². The minimum Gasteiger partial charge on any atom is -0.481 e. The number of nitrogens with one attached hydrogen (secondary N) is 1. The summed E-state index contributed by atoms with van der Waals surface area (Å²) in [6.45, 7) is 3.80. The monoisotopic (exact) mass is 384 g/mol. The van der Waals surface area contributed by atoms with E-state index in [4.69, 9.17) is 9.72 Å². The van der Waals surface area contributed by atoms with Crippen LogP contribution >= 0.6 is 0 Å². The molecule has 0 aliphatic rings. The number of fused-ring (bicyclic) bond motifs is 1. The van der Waals surface area contributed by atoms with Crippen molar-refractivity contribution in [2.45, 2.75) is 13.8 Å². The van der Waals surface area contributed by atoms with Gasteiger partial charge in [0.05, 0.1) is 23.9 Å². The summed E-state index contributed by atoms with van der Waals surface area (Å²) in [5, 5.41) is 3.57. The summed E-state index contributed by atoms with van der Waals surface area (Å²) in [4.78, 5) is 26.4. The largest absolute Gasteiger partial charge is 0.481 e. The SMILES string of the molecule is COc1cc(C)nc(NC(=O)c2cc(-c3ccccc3)nc3ccc(C)cc23)n1. The maximum atomic E-state index is 13.2. The Balaban J connectivity index is 1.82. The van der Waals surface area contributed by atoms with Crippen molar-refractivity contribution >= 4 is 22.8 Å². The van der Waals surface area contributed by atoms with E-state index in [-0.39, 0.29) is 11.9 Å². The molecule has 0 saturated carbocycles. The number of carbonyl (C=O) groups is 1. The summed E-state index contributed by atoms with van der Waals surface area (Å²) in [6.07, 6.45) is 0. The Morgan fingerprint density at radius 1 is 0.931 bits per heavy atom. The van der Waals surface area contributed by atoms with Crippen molar-refractivity contribution in [3.63, 3.8) is 0 Å². The van der Waals surface area contributed by atoms with Gasteiger partial charge in [-0.15, -0.1) is 0 Å². The van der Waals surface area contributed by atoms with Crippen LogP contribution < -0.4 is 10.1 Å². The Morgan fingerprint density at radius 2 is 1.72 bits per heavy atom. The molecule has 4 aromatic rings. The molecule has 6 nitrogen and oxygen atoms in total. The lowest BCUT2D eigenvalue weighted by Gasteiger charge is -2.11. The van der Waals surface area contributed by atoms with Gasteiger partial charge in [-0.3, -0.25) is 10.1 Å². The lowest BCUT2D eigenvalue weighted by Crippen LogP contribution is -2.16. The normalized spacial score (nSPS) is 10.7. The third-order valence-electron chi connectivity index (χ3n) is 4.54. The van der Waals surface area contributed by atoms with E-state index in [9.17, 15) is 4.79 Å². The fraction of sp³-hybridized carbons (Fsp3) is 0.130. The molecular formula is C23H20N4O2. The Labute approximate surface area is 168 Å². The predicted molar refractivity (Wildman–Crippen MR) is 113 cm³/mol. The fourth-order valence-electron chi connectivity index (χ4n) is 3.15. The number of rotatable bonds is 4. The number of aromatic nitrogens is 3. The van der Waals surface area contributed by atoms with E-state index >= 15 is 0 Å². The van der Waals surface area contributed by atoms with Crippen molar-refractivity contribution in [3.8, 4) is 17.1 Å². The molecule has 1 amide bonds. The number of methoxy groups -OCH3 is 1. The highest BCUT2D eigenvalue weighted by atomic mass is 16.5. The minimum atomic E-state index is -0.298. The third-order valence-corrected chi connectivity index (χ3v) is 4.54. The minimum absolute atomic E-state index is 0.200. The molecule has 0 aliphatic heterocycles. The number of benzene rings is 2. The van der Waals surface area contributed by atoms with Crippen LogP contribution in [0.3, 0.4) is 0 Å². The van der Waals surface area contributed by atoms with Crippen LogP contribution in [0.25, 0.3) is 22.2 Å². The van der Waals surface area contributed by atoms with Gasteiger partial charge in [0.2, 0.25) is 11.8 Å². The third kappa shape index (κ3) is 3.91. The summed E-state index contributed by atoms with van der Waals surface area (Å²) in [5.74, 6) is 0.298. The van der Waals surface area contributed by atoms with Crippen molar-refractivity contribution in [3.05, 3.63) is 77.5 Å². The zero-order valence-corrected chi connectivity index (χ0v) is 16.4. The fourth-order valence-corrected chi connectivity index (χ4v) is 3.15. The molecule has 0 atom stereocenters. The van der Waals surface area contributed by atoms with Gasteiger partial charge in [-0.2, -0.15) is 4.98 Å². The van der Waals surface area contributed by atoms with Gasteiger partial charge in [-0.1, -0.05) is 42.0 Å². The molecule has 0 bridgehead atoms. The van der Waals surface area contributed by atoms with Crippen LogP contribution in [0, 0.1) is 13.8 Å². The molecule has 4 rings (SSSR count). The molecule has 2 aromatic heterocycles. The number of hydrogen-bond acceptors (Lipinski definition) is 5. The molecule has 0 fully saturated rings. The van der Waals surface area contributed by atoms with Crippen molar-refractivity contribution in [2.24, 2.45) is 0 Å². The number of amides is 1. The van der Waals surface area contributed by atoms with Crippen LogP contribution in [-0.4, -0.2) is 28.0 Å². The first-order valence-corrected chi connectivity index (χ1v) is 9.21. The number of nitrogens with zero attached hydrogens (tertiary/aromatic N) is 3. The van der Waals surface area contributed by atoms with E-state index in [1.54, 1.807) is 12.1 Å². The van der Waals surface area contributed by atoms with Crippen LogP contribution in [0.2, 0.25) is 0 Å². The zero-order valence-electron chi connectivity index (χ0n) is 16.4. The van der Waals surface area contributed by atoms with Gasteiger partial charge < -0.3 is 4.74 Å². The molecular weight excluding hydrogens is 364 g/mol. The van der Waals surface area contributed by atoms with Gasteiger partial charge in [0, 0.05) is 22.7 Å². The van der Waals surface area contributed by atoms with Crippen molar-refractivity contribution in [2.75, 3.05) is 12.4 Å². The number of anilines is 1. The van der Waals surface area contributed by atoms with Crippen LogP contribution in [0.15, 0.2) is 60.7 Å². The average molecular weight is 384 g/mol. The van der Waals surface area contributed by atoms with Crippen molar-refractivity contribution in [1.29, 1.82) is 0 Å². The molecule has 0 saturated heterocycles. The Morgan fingerprint density at radius 3 is 2.48 bits per heavy atom. The predicted octanol–water partition coefficient (Wildman–Crippen LogP) is 4.57. The molecule has 6 heteroatoms. The lowest BCUT2D eigenvalue weighted by molar-refractivity contribution is 0.102. The zero-order chi connectivity index (χ0) is 20.4. The highest BCUT2D eigenvalue weighted by Crippen LogP contribution is 2.26. The smallest absolute Gasteiger partial charge is 0.258 e. The van der Waals surface area contributed by atoms with Crippen LogP contribution in [-0.2, 0) is 0 Å². The second-order valence-corrected chi connectivity index (χ2v) is 6.77. The van der Waals surface area contributed by atoms with Crippen LogP contribution in [0.5, 0.6) is 5.88 Å². The number of hydrogen-bond donors (Lipinski definition) is 1. The molecule has 0 radical (unpaired) electrons. The maximum Gasteiger partial charge on any atom is 0.258 e. The van der Waals surface area contributed by atoms with Crippen molar-refractivity contribution in [1.82, 2.24) is 15.0 Å². The number of ether oxygens (including phenoxy) is 1. The first kappa shape index (κ1) is 18.6. The Bertz CT molecular complexity index is 1210. The van der Waals surface area contributed by atoms with Crippen LogP contribution in [0.1, 0.15) is 21.6 Å². The standard InChI is InChI=1S/C23H20N4O2/c1-14-9-10-19-17(11-14)18(13-20(25-19)16-7-5-4-6-8-16)22(28)27-23-24-15(2)12-21(26-23)29-3/h4-13H,1-3H3,(H,24,26,27,28). The Hall–Kier alpha value is -3.80. The molecule has 0 unspecified atom stereocenters. The highest BCUT2D eigenvalue weighted by molar-refractivity contribution is 6.12. The average Bonchev–Trinajstić information content (AvgIpc) is 2.73. The summed E-state index contributed by atoms with van der Waals surface area (Å²) >= 11 is 0. The summed E-state index contributed by atoms with van der Waals surface area (Å²) in [7, 11) is 1.53. The van der Waals surface area contributed by atoms with Gasteiger partial charge in [0.1, 0.15) is 0 Å². The van der Waals surface area contributed by atoms with Gasteiger partial charge >= 0.3 is 0 Å². The first-order valence-electron chi connectivity index (χ1n) is 9.21. The summed E-state index contributed by atoms with van der Waals surface area (Å²) in [6, 6.07) is 19.2. The van der Waals surface area contributed by atoms with E-state index in [2.05, 4.69) is 15.3 Å². The summed E-state index contributed by atoms with van der Waals surface area (Å²) < 4.78 is 5.17. The first-order chi connectivity index (χ1) is 14.0. The molecule has 1 N–H and O–H groups in total. The quantitative estimate of drug-likeness (QED) is 0.558. The second-order valence-electron chi connectivity index (χ2n) is 6.77. The van der Waals surface area contributed by atoms with Gasteiger partial charge in [0.15, 0.2) is 0 Å². The molecule has 29 heavy (non-hydrogen) atoms. The van der Waals surface area contributed by atoms with E-state index in [1.165, 1.54) is 7.11 Å². The van der Waals surface area contributed by atoms with E-state index in [0.717, 1.165) is 27.7 Å². The highest BCUT2D eigenvalue weighted by Gasteiger charge is 2.16. The van der Waals surface area contributed by atoms with Gasteiger partial charge in [-0.25, -0.2) is 9.97 Å². The molecule has 144 valence electrons. The van der Waals surface area contributed by atoms with E-state index in [1.807, 2.05) is 62.4 Å². The lowest BCUT2D eigenvalue weighted by atomic mass is 10.0. The Kier molecular flexibility index (Phi) is 4.91. The molecule has 0 aliphatic carbocycles. The number of carbonyl (C=O) groups excluding carboxylic acids is 1. The topological polar surface area (TPSA) is 77.0 Å².